The molecule has 0 aromatic carbocycles. The van der Waals surface area contributed by atoms with Crippen molar-refractivity contribution in [1.29, 1.82) is 0 Å². The molecule has 1 aromatic heterocycles. The van der Waals surface area contributed by atoms with Gasteiger partial charge in [0.15, 0.2) is 6.54 Å². The molecule has 0 radical (unpaired) electrons. The highest BCUT2D eigenvalue weighted by Gasteiger charge is 2.22. The van der Waals surface area contributed by atoms with E-state index in [4.69, 9.17) is 4.74 Å². The number of carbonyl (C=O) groups is 2. The van der Waals surface area contributed by atoms with E-state index in [1.54, 1.807) is 6.92 Å². The van der Waals surface area contributed by atoms with Crippen LogP contribution in [-0.2, 0) is 9.53 Å². The number of carbonyl (C=O) groups excluding carboxylic acids is 2. The summed E-state index contributed by atoms with van der Waals surface area (Å²) >= 11 is 1.41. The van der Waals surface area contributed by atoms with Crippen LogP contribution in [0, 0.1) is 13.8 Å². The highest BCUT2D eigenvalue weighted by atomic mass is 32.1. The topological polar surface area (TPSA) is 72.0 Å². The smallest absolute Gasteiger partial charge is 0.341 e. The van der Waals surface area contributed by atoms with E-state index in [9.17, 15) is 9.59 Å². The number of esters is 1. The van der Waals surface area contributed by atoms with Gasteiger partial charge in [0.05, 0.1) is 18.2 Å². The van der Waals surface area contributed by atoms with Crippen molar-refractivity contribution in [3.8, 4) is 0 Å². The summed E-state index contributed by atoms with van der Waals surface area (Å²) in [6, 6.07) is 0.358. The Balaban J connectivity index is 2.87. The van der Waals surface area contributed by atoms with Crippen molar-refractivity contribution in [3.63, 3.8) is 0 Å². The number of ether oxygens (including phenoxy) is 1. The molecular weight excluding hydrogens is 276 g/mol. The Bertz CT molecular complexity index is 495. The van der Waals surface area contributed by atoms with Crippen molar-refractivity contribution < 1.29 is 19.6 Å². The van der Waals surface area contributed by atoms with Crippen molar-refractivity contribution >= 4 is 28.2 Å². The lowest BCUT2D eigenvalue weighted by atomic mass is 10.1. The highest BCUT2D eigenvalue weighted by Crippen LogP contribution is 2.32. The third-order valence-corrected chi connectivity index (χ3v) is 4.02. The van der Waals surface area contributed by atoms with Crippen LogP contribution < -0.4 is 10.6 Å². The van der Waals surface area contributed by atoms with Gasteiger partial charge >= 0.3 is 5.97 Å². The fraction of sp³-hybridized carbons (Fsp3) is 0.571. The third kappa shape index (κ3) is 4.31. The summed E-state index contributed by atoms with van der Waals surface area (Å²) in [6.07, 6.45) is 0. The molecule has 1 heterocycles. The van der Waals surface area contributed by atoms with E-state index >= 15 is 0 Å². The van der Waals surface area contributed by atoms with E-state index in [1.165, 1.54) is 11.3 Å². The molecule has 0 unspecified atom stereocenters. The number of hydrogen-bond donors (Lipinski definition) is 2. The van der Waals surface area contributed by atoms with E-state index < -0.39 is 0 Å². The second-order valence-electron chi connectivity index (χ2n) is 4.94. The standard InChI is InChI=1S/C14H22N2O3S/c1-6-19-14(18)12-9(4)10(5)20-13(12)16-11(17)7-15-8(2)3/h8,15H,6-7H2,1-5H3,(H,16,17)/p+1. The van der Waals surface area contributed by atoms with Gasteiger partial charge in [-0.1, -0.05) is 0 Å². The number of quaternary nitrogens is 1. The van der Waals surface area contributed by atoms with Gasteiger partial charge in [0, 0.05) is 4.88 Å². The van der Waals surface area contributed by atoms with Crippen molar-refractivity contribution in [2.24, 2.45) is 0 Å². The molecule has 1 amide bonds. The third-order valence-electron chi connectivity index (χ3n) is 2.89. The van der Waals surface area contributed by atoms with Crippen LogP contribution in [0.4, 0.5) is 5.00 Å². The first-order chi connectivity index (χ1) is 9.36. The maximum absolute atomic E-state index is 12.0. The predicted octanol–water partition coefficient (Wildman–Crippen LogP) is 1.45. The Hall–Kier alpha value is -1.40. The second kappa shape index (κ2) is 7.40. The summed E-state index contributed by atoms with van der Waals surface area (Å²) in [5.41, 5.74) is 1.35. The molecule has 5 nitrogen and oxygen atoms in total. The summed E-state index contributed by atoms with van der Waals surface area (Å²) < 4.78 is 5.05. The van der Waals surface area contributed by atoms with Gasteiger partial charge in [-0.3, -0.25) is 4.79 Å². The minimum atomic E-state index is -0.377. The van der Waals surface area contributed by atoms with Crippen LogP contribution in [0.2, 0.25) is 0 Å². The van der Waals surface area contributed by atoms with Gasteiger partial charge in [-0.25, -0.2) is 4.79 Å². The minimum absolute atomic E-state index is 0.106. The molecule has 0 aliphatic heterocycles. The monoisotopic (exact) mass is 299 g/mol. The molecule has 112 valence electrons. The first-order valence-corrected chi connectivity index (χ1v) is 7.58. The van der Waals surface area contributed by atoms with Crippen molar-refractivity contribution in [2.45, 2.75) is 40.7 Å². The molecule has 0 saturated heterocycles. The quantitative estimate of drug-likeness (QED) is 0.781. The molecule has 0 bridgehead atoms. The lowest BCUT2D eigenvalue weighted by molar-refractivity contribution is -0.672. The molecule has 0 fully saturated rings. The highest BCUT2D eigenvalue weighted by molar-refractivity contribution is 7.16. The van der Waals surface area contributed by atoms with Crippen LogP contribution in [0.25, 0.3) is 0 Å². The molecule has 1 rings (SSSR count). The van der Waals surface area contributed by atoms with Gasteiger partial charge in [-0.2, -0.15) is 0 Å². The van der Waals surface area contributed by atoms with Gasteiger partial charge in [0.2, 0.25) is 0 Å². The summed E-state index contributed by atoms with van der Waals surface area (Å²) in [6.45, 7) is 10.3. The zero-order chi connectivity index (χ0) is 15.3. The zero-order valence-electron chi connectivity index (χ0n) is 12.7. The van der Waals surface area contributed by atoms with E-state index in [0.717, 1.165) is 10.4 Å². The Kier molecular flexibility index (Phi) is 6.16. The average molecular weight is 299 g/mol. The van der Waals surface area contributed by atoms with Gasteiger partial charge in [0.25, 0.3) is 5.91 Å². The predicted molar refractivity (Wildman–Crippen MR) is 80.3 cm³/mol. The first-order valence-electron chi connectivity index (χ1n) is 6.77. The van der Waals surface area contributed by atoms with Crippen LogP contribution >= 0.6 is 11.3 Å². The first kappa shape index (κ1) is 16.7. The van der Waals surface area contributed by atoms with Crippen molar-refractivity contribution in [3.05, 3.63) is 16.0 Å². The largest absolute Gasteiger partial charge is 0.462 e. The van der Waals surface area contributed by atoms with Crippen molar-refractivity contribution in [2.75, 3.05) is 18.5 Å². The Morgan fingerprint density at radius 1 is 1.35 bits per heavy atom. The van der Waals surface area contributed by atoms with Crippen LogP contribution in [-0.4, -0.2) is 31.1 Å². The second-order valence-corrected chi connectivity index (χ2v) is 6.16. The molecule has 6 heteroatoms. The molecule has 0 aliphatic carbocycles. The Morgan fingerprint density at radius 2 is 2.00 bits per heavy atom. The normalized spacial score (nSPS) is 10.7. The average Bonchev–Trinajstić information content (AvgIpc) is 2.62. The molecule has 0 aliphatic rings. The van der Waals surface area contributed by atoms with E-state index in [1.807, 2.05) is 33.0 Å². The fourth-order valence-corrected chi connectivity index (χ4v) is 2.75. The summed E-state index contributed by atoms with van der Waals surface area (Å²) in [7, 11) is 0. The SMILES string of the molecule is CCOC(=O)c1c(NC(=O)C[NH2+]C(C)C)sc(C)c1C. The van der Waals surface area contributed by atoms with E-state index in [0.29, 0.717) is 29.8 Å². The van der Waals surface area contributed by atoms with Crippen LogP contribution in [0.5, 0.6) is 0 Å². The number of hydrogen-bond acceptors (Lipinski definition) is 4. The number of nitrogens with one attached hydrogen (secondary N) is 1. The lowest BCUT2D eigenvalue weighted by Crippen LogP contribution is -2.90. The number of aryl methyl sites for hydroxylation is 1. The number of nitrogens with two attached hydrogens (primary N) is 1. The van der Waals surface area contributed by atoms with Crippen LogP contribution in [0.15, 0.2) is 0 Å². The Morgan fingerprint density at radius 3 is 2.55 bits per heavy atom. The minimum Gasteiger partial charge on any atom is -0.462 e. The molecule has 3 N–H and O–H groups in total. The summed E-state index contributed by atoms with van der Waals surface area (Å²) in [5.74, 6) is -0.483. The number of rotatable bonds is 6. The molecule has 0 saturated carbocycles. The molecular formula is C14H23N2O3S+. The maximum atomic E-state index is 12.0. The molecule has 1 aromatic rings. The van der Waals surface area contributed by atoms with Gasteiger partial charge in [-0.05, 0) is 40.2 Å². The number of amides is 1. The van der Waals surface area contributed by atoms with Crippen molar-refractivity contribution in [1.82, 2.24) is 0 Å². The number of thiophene rings is 1. The molecule has 0 spiro atoms. The molecule has 0 atom stereocenters. The Labute approximate surface area is 123 Å². The van der Waals surface area contributed by atoms with Gasteiger partial charge in [0.1, 0.15) is 5.00 Å². The summed E-state index contributed by atoms with van der Waals surface area (Å²) in [4.78, 5) is 24.9. The zero-order valence-corrected chi connectivity index (χ0v) is 13.5. The lowest BCUT2D eigenvalue weighted by Gasteiger charge is -2.07. The van der Waals surface area contributed by atoms with Gasteiger partial charge in [-0.15, -0.1) is 11.3 Å². The van der Waals surface area contributed by atoms with Crippen LogP contribution in [0.1, 0.15) is 41.6 Å². The molecule has 20 heavy (non-hydrogen) atoms. The van der Waals surface area contributed by atoms with Crippen LogP contribution in [0.3, 0.4) is 0 Å². The van der Waals surface area contributed by atoms with E-state index in [2.05, 4.69) is 5.32 Å². The van der Waals surface area contributed by atoms with E-state index in [-0.39, 0.29) is 11.9 Å². The maximum Gasteiger partial charge on any atom is 0.341 e. The van der Waals surface area contributed by atoms with Gasteiger partial charge < -0.3 is 15.4 Å². The number of anilines is 1. The fourth-order valence-electron chi connectivity index (χ4n) is 1.68. The summed E-state index contributed by atoms with van der Waals surface area (Å²) in [5, 5.41) is 5.34.